The normalized spacial score (nSPS) is 11.1. The van der Waals surface area contributed by atoms with Gasteiger partial charge in [-0.15, -0.1) is 0 Å². The van der Waals surface area contributed by atoms with E-state index in [2.05, 4.69) is 37.4 Å². The molecule has 80 valence electrons. The molecule has 2 aromatic rings. The third kappa shape index (κ3) is 2.05. The van der Waals surface area contributed by atoms with E-state index in [9.17, 15) is 0 Å². The number of rotatable bonds is 4. The van der Waals surface area contributed by atoms with Gasteiger partial charge >= 0.3 is 0 Å². The van der Waals surface area contributed by atoms with E-state index in [-0.39, 0.29) is 0 Å². The van der Waals surface area contributed by atoms with Crippen LogP contribution >= 0.6 is 0 Å². The van der Waals surface area contributed by atoms with Crippen molar-refractivity contribution < 1.29 is 4.42 Å². The fraction of sp³-hybridized carbons (Fsp3) is 0.385. The Morgan fingerprint density at radius 2 is 2.20 bits per heavy atom. The molecule has 0 radical (unpaired) electrons. The van der Waals surface area contributed by atoms with Crippen molar-refractivity contribution in [3.8, 4) is 0 Å². The molecule has 0 aliphatic heterocycles. The molecule has 2 rings (SSSR count). The summed E-state index contributed by atoms with van der Waals surface area (Å²) in [7, 11) is 0. The summed E-state index contributed by atoms with van der Waals surface area (Å²) in [5.41, 5.74) is 3.54. The first-order valence-electron chi connectivity index (χ1n) is 5.49. The largest absolute Gasteiger partial charge is 0.464 e. The molecule has 2 heteroatoms. The second kappa shape index (κ2) is 4.49. The average Bonchev–Trinajstić information content (AvgIpc) is 2.64. The lowest BCUT2D eigenvalue weighted by atomic mass is 10.1. The minimum absolute atomic E-state index is 1.01. The standard InChI is InChI=1S/C13H17NO/c1-3-14-8-7-11-9-15-13-10(2)5-4-6-12(11)13/h4-6,9,14H,3,7-8H2,1-2H3. The van der Waals surface area contributed by atoms with Gasteiger partial charge in [-0.25, -0.2) is 0 Å². The summed E-state index contributed by atoms with van der Waals surface area (Å²) in [6.45, 7) is 6.24. The third-order valence-electron chi connectivity index (χ3n) is 2.70. The summed E-state index contributed by atoms with van der Waals surface area (Å²) in [6, 6.07) is 6.30. The zero-order valence-corrected chi connectivity index (χ0v) is 9.34. The van der Waals surface area contributed by atoms with E-state index in [4.69, 9.17) is 4.42 Å². The predicted octanol–water partition coefficient (Wildman–Crippen LogP) is 2.89. The number of fused-ring (bicyclic) bond motifs is 1. The molecule has 0 fully saturated rings. The molecule has 0 unspecified atom stereocenters. The van der Waals surface area contributed by atoms with Crippen molar-refractivity contribution >= 4 is 11.0 Å². The number of hydrogen-bond acceptors (Lipinski definition) is 2. The van der Waals surface area contributed by atoms with Gasteiger partial charge in [0.15, 0.2) is 0 Å². The van der Waals surface area contributed by atoms with E-state index in [1.165, 1.54) is 16.5 Å². The minimum Gasteiger partial charge on any atom is -0.464 e. The van der Waals surface area contributed by atoms with Crippen molar-refractivity contribution in [2.45, 2.75) is 20.3 Å². The highest BCUT2D eigenvalue weighted by Gasteiger charge is 2.06. The van der Waals surface area contributed by atoms with Crippen LogP contribution in [0.25, 0.3) is 11.0 Å². The van der Waals surface area contributed by atoms with Gasteiger partial charge in [0, 0.05) is 5.39 Å². The van der Waals surface area contributed by atoms with Crippen LogP contribution in [0.15, 0.2) is 28.9 Å². The molecule has 0 saturated carbocycles. The van der Waals surface area contributed by atoms with Crippen LogP contribution in [0.5, 0.6) is 0 Å². The molecular weight excluding hydrogens is 186 g/mol. The number of furan rings is 1. The van der Waals surface area contributed by atoms with E-state index in [1.54, 1.807) is 0 Å². The molecule has 1 N–H and O–H groups in total. The number of nitrogens with one attached hydrogen (secondary N) is 1. The lowest BCUT2D eigenvalue weighted by molar-refractivity contribution is 0.605. The SMILES string of the molecule is CCNCCc1coc2c(C)cccc12. The smallest absolute Gasteiger partial charge is 0.137 e. The molecule has 1 heterocycles. The molecule has 0 saturated heterocycles. The number of hydrogen-bond donors (Lipinski definition) is 1. The minimum atomic E-state index is 1.01. The molecular formula is C13H17NO. The topological polar surface area (TPSA) is 25.2 Å². The van der Waals surface area contributed by atoms with Gasteiger partial charge in [-0.3, -0.25) is 0 Å². The molecule has 0 aliphatic rings. The van der Waals surface area contributed by atoms with Gasteiger partial charge in [-0.05, 0) is 37.6 Å². The molecule has 2 nitrogen and oxygen atoms in total. The Morgan fingerprint density at radius 1 is 1.33 bits per heavy atom. The van der Waals surface area contributed by atoms with Crippen LogP contribution in [0.1, 0.15) is 18.1 Å². The Labute approximate surface area is 90.3 Å². The van der Waals surface area contributed by atoms with Crippen molar-refractivity contribution in [1.82, 2.24) is 5.32 Å². The average molecular weight is 203 g/mol. The van der Waals surface area contributed by atoms with E-state index in [0.29, 0.717) is 0 Å². The summed E-state index contributed by atoms with van der Waals surface area (Å²) < 4.78 is 5.58. The van der Waals surface area contributed by atoms with Crippen LogP contribution in [0.2, 0.25) is 0 Å². The summed E-state index contributed by atoms with van der Waals surface area (Å²) in [6.07, 6.45) is 2.92. The first kappa shape index (κ1) is 10.2. The molecule has 0 spiro atoms. The Hall–Kier alpha value is -1.28. The van der Waals surface area contributed by atoms with Crippen molar-refractivity contribution in [1.29, 1.82) is 0 Å². The van der Waals surface area contributed by atoms with Crippen LogP contribution in [0, 0.1) is 6.92 Å². The summed E-state index contributed by atoms with van der Waals surface area (Å²) >= 11 is 0. The Balaban J connectivity index is 2.25. The zero-order chi connectivity index (χ0) is 10.7. The van der Waals surface area contributed by atoms with Gasteiger partial charge in [-0.1, -0.05) is 25.1 Å². The van der Waals surface area contributed by atoms with Gasteiger partial charge in [0.05, 0.1) is 6.26 Å². The van der Waals surface area contributed by atoms with E-state index < -0.39 is 0 Å². The van der Waals surface area contributed by atoms with Crippen LogP contribution < -0.4 is 5.32 Å². The summed E-state index contributed by atoms with van der Waals surface area (Å²) in [4.78, 5) is 0. The lowest BCUT2D eigenvalue weighted by Crippen LogP contribution is -2.15. The molecule has 0 amide bonds. The number of likely N-dealkylation sites (N-methyl/N-ethyl adjacent to an activating group) is 1. The van der Waals surface area contributed by atoms with Gasteiger partial charge in [-0.2, -0.15) is 0 Å². The van der Waals surface area contributed by atoms with Gasteiger partial charge in [0.2, 0.25) is 0 Å². The number of para-hydroxylation sites is 1. The number of aryl methyl sites for hydroxylation is 1. The molecule has 1 aromatic carbocycles. The monoisotopic (exact) mass is 203 g/mol. The van der Waals surface area contributed by atoms with Crippen LogP contribution in [-0.2, 0) is 6.42 Å². The van der Waals surface area contributed by atoms with Crippen molar-refractivity contribution in [3.63, 3.8) is 0 Å². The van der Waals surface area contributed by atoms with E-state index in [1.807, 2.05) is 6.26 Å². The first-order chi connectivity index (χ1) is 7.33. The highest BCUT2D eigenvalue weighted by Crippen LogP contribution is 2.24. The fourth-order valence-electron chi connectivity index (χ4n) is 1.85. The Kier molecular flexibility index (Phi) is 3.07. The van der Waals surface area contributed by atoms with Crippen LogP contribution in [-0.4, -0.2) is 13.1 Å². The third-order valence-corrected chi connectivity index (χ3v) is 2.70. The molecule has 0 atom stereocenters. The first-order valence-corrected chi connectivity index (χ1v) is 5.49. The lowest BCUT2D eigenvalue weighted by Gasteiger charge is -1.99. The van der Waals surface area contributed by atoms with E-state index in [0.717, 1.165) is 25.1 Å². The summed E-state index contributed by atoms with van der Waals surface area (Å²) in [5.74, 6) is 0. The fourth-order valence-corrected chi connectivity index (χ4v) is 1.85. The second-order valence-electron chi connectivity index (χ2n) is 3.82. The summed E-state index contributed by atoms with van der Waals surface area (Å²) in [5, 5.41) is 4.58. The maximum absolute atomic E-state index is 5.58. The zero-order valence-electron chi connectivity index (χ0n) is 9.34. The van der Waals surface area contributed by atoms with E-state index >= 15 is 0 Å². The molecule has 1 aromatic heterocycles. The van der Waals surface area contributed by atoms with Gasteiger partial charge in [0.1, 0.15) is 5.58 Å². The van der Waals surface area contributed by atoms with Crippen molar-refractivity contribution in [2.75, 3.05) is 13.1 Å². The van der Waals surface area contributed by atoms with Crippen LogP contribution in [0.4, 0.5) is 0 Å². The quantitative estimate of drug-likeness (QED) is 0.773. The van der Waals surface area contributed by atoms with Crippen molar-refractivity contribution in [2.24, 2.45) is 0 Å². The van der Waals surface area contributed by atoms with Gasteiger partial charge < -0.3 is 9.73 Å². The second-order valence-corrected chi connectivity index (χ2v) is 3.82. The Morgan fingerprint density at radius 3 is 3.00 bits per heavy atom. The van der Waals surface area contributed by atoms with Gasteiger partial charge in [0.25, 0.3) is 0 Å². The molecule has 15 heavy (non-hydrogen) atoms. The highest BCUT2D eigenvalue weighted by molar-refractivity contribution is 5.83. The van der Waals surface area contributed by atoms with Crippen LogP contribution in [0.3, 0.4) is 0 Å². The van der Waals surface area contributed by atoms with Crippen molar-refractivity contribution in [3.05, 3.63) is 35.6 Å². The predicted molar refractivity (Wildman–Crippen MR) is 63.2 cm³/mol. The Bertz CT molecular complexity index is 445. The maximum Gasteiger partial charge on any atom is 0.137 e. The molecule has 0 aliphatic carbocycles. The highest BCUT2D eigenvalue weighted by atomic mass is 16.3. The number of benzene rings is 1. The molecule has 0 bridgehead atoms. The maximum atomic E-state index is 5.58.